The van der Waals surface area contributed by atoms with Crippen molar-refractivity contribution in [2.75, 3.05) is 12.8 Å². The highest BCUT2D eigenvalue weighted by Gasteiger charge is 2.16. The predicted octanol–water partition coefficient (Wildman–Crippen LogP) is 3.07. The molecule has 0 aliphatic carbocycles. The number of aryl methyl sites for hydroxylation is 1. The summed E-state index contributed by atoms with van der Waals surface area (Å²) < 4.78 is 0.836. The van der Waals surface area contributed by atoms with E-state index in [1.54, 1.807) is 35.4 Å². The minimum atomic E-state index is -0.107. The van der Waals surface area contributed by atoms with Crippen LogP contribution in [-0.2, 0) is 6.54 Å². The number of hydrogen-bond acceptors (Lipinski definition) is 4. The molecule has 1 aromatic heterocycles. The number of nitrogens with zero attached hydrogens (tertiary/aromatic N) is 2. The van der Waals surface area contributed by atoms with Crippen LogP contribution in [-0.4, -0.2) is 22.8 Å². The molecule has 2 rings (SSSR count). The molecule has 0 saturated carbocycles. The molecule has 6 heteroatoms. The van der Waals surface area contributed by atoms with Crippen molar-refractivity contribution in [3.05, 3.63) is 44.3 Å². The molecule has 0 bridgehead atoms. The predicted molar refractivity (Wildman–Crippen MR) is 81.2 cm³/mol. The highest BCUT2D eigenvalue weighted by molar-refractivity contribution is 9.10. The van der Waals surface area contributed by atoms with E-state index in [0.717, 1.165) is 15.2 Å². The van der Waals surface area contributed by atoms with Crippen LogP contribution in [0.1, 0.15) is 21.1 Å². The van der Waals surface area contributed by atoms with E-state index in [0.29, 0.717) is 17.8 Å². The Kier molecular flexibility index (Phi) is 4.21. The van der Waals surface area contributed by atoms with Crippen molar-refractivity contribution in [2.24, 2.45) is 0 Å². The quantitative estimate of drug-likeness (QED) is 0.874. The molecule has 2 N–H and O–H groups in total. The molecule has 0 atom stereocenters. The van der Waals surface area contributed by atoms with Crippen LogP contribution in [0.5, 0.6) is 0 Å². The fraction of sp³-hybridized carbons (Fsp3) is 0.231. The SMILES string of the molecule is Cc1nc(CN(C)C(=O)c2cc(Br)ccc2N)cs1. The van der Waals surface area contributed by atoms with Crippen molar-refractivity contribution in [3.8, 4) is 0 Å². The van der Waals surface area contributed by atoms with Crippen molar-refractivity contribution in [2.45, 2.75) is 13.5 Å². The Morgan fingerprint density at radius 2 is 2.26 bits per heavy atom. The highest BCUT2D eigenvalue weighted by Crippen LogP contribution is 2.20. The molecule has 100 valence electrons. The van der Waals surface area contributed by atoms with Crippen LogP contribution in [0.4, 0.5) is 5.69 Å². The maximum atomic E-state index is 12.3. The maximum absolute atomic E-state index is 12.3. The Bertz CT molecular complexity index is 612. The fourth-order valence-electron chi connectivity index (χ4n) is 1.71. The first-order valence-electron chi connectivity index (χ1n) is 5.69. The van der Waals surface area contributed by atoms with Gasteiger partial charge in [-0.15, -0.1) is 11.3 Å². The number of nitrogens with two attached hydrogens (primary N) is 1. The van der Waals surface area contributed by atoms with Crippen molar-refractivity contribution >= 4 is 38.9 Å². The van der Waals surface area contributed by atoms with Gasteiger partial charge < -0.3 is 10.6 Å². The molecule has 1 amide bonds. The van der Waals surface area contributed by atoms with Crippen LogP contribution in [0.15, 0.2) is 28.1 Å². The molecular formula is C13H14BrN3OS. The van der Waals surface area contributed by atoms with E-state index >= 15 is 0 Å². The molecule has 0 aliphatic heterocycles. The number of aromatic nitrogens is 1. The van der Waals surface area contributed by atoms with E-state index in [1.165, 1.54) is 0 Å². The molecule has 19 heavy (non-hydrogen) atoms. The zero-order chi connectivity index (χ0) is 14.0. The number of hydrogen-bond donors (Lipinski definition) is 1. The van der Waals surface area contributed by atoms with E-state index in [9.17, 15) is 4.79 Å². The number of halogens is 1. The number of rotatable bonds is 3. The van der Waals surface area contributed by atoms with Gasteiger partial charge in [0.2, 0.25) is 0 Å². The number of carbonyl (C=O) groups excluding carboxylic acids is 1. The topological polar surface area (TPSA) is 59.2 Å². The van der Waals surface area contributed by atoms with Crippen LogP contribution in [0, 0.1) is 6.92 Å². The Morgan fingerprint density at radius 3 is 2.89 bits per heavy atom. The van der Waals surface area contributed by atoms with Crippen LogP contribution >= 0.6 is 27.3 Å². The van der Waals surface area contributed by atoms with E-state index in [-0.39, 0.29) is 5.91 Å². The lowest BCUT2D eigenvalue weighted by atomic mass is 10.1. The maximum Gasteiger partial charge on any atom is 0.256 e. The van der Waals surface area contributed by atoms with Gasteiger partial charge in [0.15, 0.2) is 0 Å². The van der Waals surface area contributed by atoms with Gasteiger partial charge >= 0.3 is 0 Å². The first kappa shape index (κ1) is 14.0. The molecule has 0 radical (unpaired) electrons. The number of amides is 1. The first-order chi connectivity index (χ1) is 8.97. The van der Waals surface area contributed by atoms with Gasteiger partial charge in [0.05, 0.1) is 22.8 Å². The lowest BCUT2D eigenvalue weighted by Crippen LogP contribution is -2.27. The first-order valence-corrected chi connectivity index (χ1v) is 7.36. The molecule has 0 unspecified atom stereocenters. The standard InChI is InChI=1S/C13H14BrN3OS/c1-8-16-10(7-19-8)6-17(2)13(18)11-5-9(14)3-4-12(11)15/h3-5,7H,6,15H2,1-2H3. The highest BCUT2D eigenvalue weighted by atomic mass is 79.9. The van der Waals surface area contributed by atoms with Crippen LogP contribution in [0.3, 0.4) is 0 Å². The van der Waals surface area contributed by atoms with Gasteiger partial charge in [-0.3, -0.25) is 4.79 Å². The minimum absolute atomic E-state index is 0.107. The molecule has 1 aromatic carbocycles. The van der Waals surface area contributed by atoms with E-state index in [1.807, 2.05) is 18.4 Å². The Labute approximate surface area is 124 Å². The van der Waals surface area contributed by atoms with Gasteiger partial charge in [0.1, 0.15) is 0 Å². The second-order valence-electron chi connectivity index (χ2n) is 4.25. The van der Waals surface area contributed by atoms with Gasteiger partial charge in [-0.25, -0.2) is 4.98 Å². The molecule has 0 aliphatic rings. The molecular weight excluding hydrogens is 326 g/mol. The summed E-state index contributed by atoms with van der Waals surface area (Å²) in [7, 11) is 1.75. The Balaban J connectivity index is 2.16. The summed E-state index contributed by atoms with van der Waals surface area (Å²) in [6, 6.07) is 5.27. The second-order valence-corrected chi connectivity index (χ2v) is 6.23. The van der Waals surface area contributed by atoms with Crippen LogP contribution < -0.4 is 5.73 Å². The molecule has 4 nitrogen and oxygen atoms in total. The van der Waals surface area contributed by atoms with E-state index in [4.69, 9.17) is 5.73 Å². The van der Waals surface area contributed by atoms with Crippen molar-refractivity contribution in [3.63, 3.8) is 0 Å². The largest absolute Gasteiger partial charge is 0.398 e. The van der Waals surface area contributed by atoms with Gasteiger partial charge in [-0.1, -0.05) is 15.9 Å². The minimum Gasteiger partial charge on any atom is -0.398 e. The normalized spacial score (nSPS) is 10.5. The van der Waals surface area contributed by atoms with Crippen molar-refractivity contribution in [1.82, 2.24) is 9.88 Å². The van der Waals surface area contributed by atoms with Gasteiger partial charge in [0, 0.05) is 22.6 Å². The number of nitrogen functional groups attached to an aromatic ring is 1. The third-order valence-electron chi connectivity index (χ3n) is 2.66. The third kappa shape index (κ3) is 3.33. The lowest BCUT2D eigenvalue weighted by Gasteiger charge is -2.17. The van der Waals surface area contributed by atoms with E-state index < -0.39 is 0 Å². The van der Waals surface area contributed by atoms with Gasteiger partial charge in [-0.05, 0) is 25.1 Å². The third-order valence-corrected chi connectivity index (χ3v) is 3.97. The fourth-order valence-corrected chi connectivity index (χ4v) is 2.68. The Hall–Kier alpha value is -1.40. The lowest BCUT2D eigenvalue weighted by molar-refractivity contribution is 0.0784. The van der Waals surface area contributed by atoms with Crippen molar-refractivity contribution in [1.29, 1.82) is 0 Å². The molecule has 0 saturated heterocycles. The smallest absolute Gasteiger partial charge is 0.256 e. The summed E-state index contributed by atoms with van der Waals surface area (Å²) in [6.45, 7) is 2.43. The zero-order valence-electron chi connectivity index (χ0n) is 10.7. The molecule has 1 heterocycles. The van der Waals surface area contributed by atoms with Crippen LogP contribution in [0.2, 0.25) is 0 Å². The van der Waals surface area contributed by atoms with Gasteiger partial charge in [0.25, 0.3) is 5.91 Å². The second kappa shape index (κ2) is 5.71. The summed E-state index contributed by atoms with van der Waals surface area (Å²) >= 11 is 4.93. The number of benzene rings is 1. The summed E-state index contributed by atoms with van der Waals surface area (Å²) in [5.41, 5.74) is 7.72. The van der Waals surface area contributed by atoms with Crippen molar-refractivity contribution < 1.29 is 4.79 Å². The zero-order valence-corrected chi connectivity index (χ0v) is 13.1. The number of carbonyl (C=O) groups is 1. The molecule has 0 fully saturated rings. The molecule has 2 aromatic rings. The van der Waals surface area contributed by atoms with Crippen LogP contribution in [0.25, 0.3) is 0 Å². The monoisotopic (exact) mass is 339 g/mol. The summed E-state index contributed by atoms with van der Waals surface area (Å²) in [5, 5.41) is 2.96. The average Bonchev–Trinajstić information content (AvgIpc) is 2.77. The summed E-state index contributed by atoms with van der Waals surface area (Å²) in [4.78, 5) is 18.3. The summed E-state index contributed by atoms with van der Waals surface area (Å²) in [6.07, 6.45) is 0. The Morgan fingerprint density at radius 1 is 1.53 bits per heavy atom. The number of anilines is 1. The molecule has 0 spiro atoms. The number of thiazole rings is 1. The summed E-state index contributed by atoms with van der Waals surface area (Å²) in [5.74, 6) is -0.107. The average molecular weight is 340 g/mol. The van der Waals surface area contributed by atoms with Gasteiger partial charge in [-0.2, -0.15) is 0 Å². The van der Waals surface area contributed by atoms with E-state index in [2.05, 4.69) is 20.9 Å².